The number of piperidine rings is 1. The number of anilines is 1. The molecule has 3 aromatic carbocycles. The van der Waals surface area contributed by atoms with E-state index in [9.17, 15) is 13.2 Å². The Morgan fingerprint density at radius 3 is 2.47 bits per heavy atom. The van der Waals surface area contributed by atoms with Gasteiger partial charge in [0.1, 0.15) is 5.75 Å². The minimum Gasteiger partial charge on any atom is -0.496 e. The van der Waals surface area contributed by atoms with E-state index in [0.29, 0.717) is 24.5 Å². The molecule has 1 saturated heterocycles. The van der Waals surface area contributed by atoms with Crippen molar-refractivity contribution in [1.82, 2.24) is 4.31 Å². The Morgan fingerprint density at radius 2 is 1.70 bits per heavy atom. The molecule has 1 heterocycles. The van der Waals surface area contributed by atoms with Crippen molar-refractivity contribution >= 4 is 32.4 Å². The van der Waals surface area contributed by atoms with Crippen LogP contribution in [0.4, 0.5) is 5.69 Å². The van der Waals surface area contributed by atoms with Crippen LogP contribution in [0, 0.1) is 0 Å². The highest BCUT2D eigenvalue weighted by molar-refractivity contribution is 7.89. The lowest BCUT2D eigenvalue weighted by Gasteiger charge is -2.26. The summed E-state index contributed by atoms with van der Waals surface area (Å²) in [7, 11) is -2.19. The van der Waals surface area contributed by atoms with Crippen molar-refractivity contribution in [1.29, 1.82) is 0 Å². The molecule has 6 nitrogen and oxygen atoms in total. The van der Waals surface area contributed by atoms with Gasteiger partial charge in [0.2, 0.25) is 10.0 Å². The number of sulfonamides is 1. The zero-order valence-corrected chi connectivity index (χ0v) is 17.6. The van der Waals surface area contributed by atoms with Gasteiger partial charge in [0, 0.05) is 24.2 Å². The molecule has 4 rings (SSSR count). The van der Waals surface area contributed by atoms with Gasteiger partial charge < -0.3 is 10.1 Å². The van der Waals surface area contributed by atoms with Gasteiger partial charge in [-0.1, -0.05) is 42.8 Å². The summed E-state index contributed by atoms with van der Waals surface area (Å²) < 4.78 is 32.9. The fraction of sp³-hybridized carbons (Fsp3) is 0.261. The molecule has 1 N–H and O–H groups in total. The number of nitrogens with zero attached hydrogens (tertiary/aromatic N) is 1. The van der Waals surface area contributed by atoms with E-state index in [-0.39, 0.29) is 10.5 Å². The van der Waals surface area contributed by atoms with Gasteiger partial charge in [-0.25, -0.2) is 8.42 Å². The average Bonchev–Trinajstić information content (AvgIpc) is 2.79. The molecule has 156 valence electrons. The first-order chi connectivity index (χ1) is 14.5. The third-order valence-electron chi connectivity index (χ3n) is 5.41. The Balaban J connectivity index is 1.69. The molecular formula is C23H24N2O4S. The Hall–Kier alpha value is -2.90. The number of hydrogen-bond donors (Lipinski definition) is 1. The second kappa shape index (κ2) is 8.45. The summed E-state index contributed by atoms with van der Waals surface area (Å²) in [5.74, 6) is -0.0933. The van der Waals surface area contributed by atoms with Crippen molar-refractivity contribution in [2.24, 2.45) is 0 Å². The zero-order chi connectivity index (χ0) is 21.1. The Kier molecular flexibility index (Phi) is 5.74. The maximum Gasteiger partial charge on any atom is 0.259 e. The first kappa shape index (κ1) is 20.4. The molecule has 0 saturated carbocycles. The standard InChI is InChI=1S/C23H24N2O4S/c1-29-22-13-12-18(30(27,28)25-14-5-2-6-15-25)16-20(22)23(26)24-21-11-7-9-17-8-3-4-10-19(17)21/h3-4,7-13,16H,2,5-6,14-15H2,1H3,(H,24,26). The van der Waals surface area contributed by atoms with Crippen molar-refractivity contribution in [3.05, 3.63) is 66.2 Å². The van der Waals surface area contributed by atoms with Crippen LogP contribution in [0.1, 0.15) is 29.6 Å². The summed E-state index contributed by atoms with van der Waals surface area (Å²) in [6, 6.07) is 17.8. The minimum absolute atomic E-state index is 0.105. The predicted octanol–water partition coefficient (Wildman–Crippen LogP) is 4.28. The molecule has 1 aliphatic heterocycles. The maximum atomic E-state index is 13.1. The molecule has 0 spiro atoms. The number of fused-ring (bicyclic) bond motifs is 1. The Morgan fingerprint density at radius 1 is 0.967 bits per heavy atom. The van der Waals surface area contributed by atoms with Gasteiger partial charge in [-0.15, -0.1) is 0 Å². The highest BCUT2D eigenvalue weighted by Gasteiger charge is 2.27. The third-order valence-corrected chi connectivity index (χ3v) is 7.30. The van der Waals surface area contributed by atoms with E-state index < -0.39 is 15.9 Å². The lowest BCUT2D eigenvalue weighted by molar-refractivity contribution is 0.102. The fourth-order valence-corrected chi connectivity index (χ4v) is 5.35. The number of ether oxygens (including phenoxy) is 1. The van der Waals surface area contributed by atoms with Gasteiger partial charge in [-0.2, -0.15) is 4.31 Å². The number of benzene rings is 3. The largest absolute Gasteiger partial charge is 0.496 e. The maximum absolute atomic E-state index is 13.1. The summed E-state index contributed by atoms with van der Waals surface area (Å²) in [4.78, 5) is 13.2. The Labute approximate surface area is 176 Å². The first-order valence-electron chi connectivity index (χ1n) is 9.98. The molecule has 0 bridgehead atoms. The second-order valence-electron chi connectivity index (χ2n) is 7.31. The van der Waals surface area contributed by atoms with Crippen LogP contribution in [0.3, 0.4) is 0 Å². The summed E-state index contributed by atoms with van der Waals surface area (Å²) in [5, 5.41) is 4.82. The normalized spacial score (nSPS) is 15.1. The lowest BCUT2D eigenvalue weighted by atomic mass is 10.1. The summed E-state index contributed by atoms with van der Waals surface area (Å²) >= 11 is 0. The number of rotatable bonds is 5. The summed E-state index contributed by atoms with van der Waals surface area (Å²) in [5.41, 5.74) is 0.841. The SMILES string of the molecule is COc1ccc(S(=O)(=O)N2CCCCC2)cc1C(=O)Nc1cccc2ccccc12. The van der Waals surface area contributed by atoms with E-state index in [1.807, 2.05) is 42.5 Å². The second-order valence-corrected chi connectivity index (χ2v) is 9.25. The predicted molar refractivity (Wildman–Crippen MR) is 118 cm³/mol. The van der Waals surface area contributed by atoms with Crippen molar-refractivity contribution in [3.63, 3.8) is 0 Å². The monoisotopic (exact) mass is 424 g/mol. The van der Waals surface area contributed by atoms with Crippen LogP contribution in [0.5, 0.6) is 5.75 Å². The van der Waals surface area contributed by atoms with Crippen molar-refractivity contribution in [2.45, 2.75) is 24.2 Å². The van der Waals surface area contributed by atoms with Gasteiger partial charge in [-0.3, -0.25) is 4.79 Å². The van der Waals surface area contributed by atoms with Crippen LogP contribution in [-0.4, -0.2) is 38.8 Å². The van der Waals surface area contributed by atoms with Crippen LogP contribution in [0.2, 0.25) is 0 Å². The molecule has 3 aromatic rings. The molecule has 0 atom stereocenters. The quantitative estimate of drug-likeness (QED) is 0.663. The van der Waals surface area contributed by atoms with Crippen LogP contribution in [0.25, 0.3) is 10.8 Å². The van der Waals surface area contributed by atoms with Gasteiger partial charge in [0.05, 0.1) is 17.6 Å². The van der Waals surface area contributed by atoms with Crippen molar-refractivity contribution in [2.75, 3.05) is 25.5 Å². The molecule has 0 unspecified atom stereocenters. The van der Waals surface area contributed by atoms with E-state index in [0.717, 1.165) is 30.0 Å². The number of hydrogen-bond acceptors (Lipinski definition) is 4. The average molecular weight is 425 g/mol. The zero-order valence-electron chi connectivity index (χ0n) is 16.8. The third kappa shape index (κ3) is 3.91. The van der Waals surface area contributed by atoms with Crippen LogP contribution in [0.15, 0.2) is 65.6 Å². The molecule has 30 heavy (non-hydrogen) atoms. The molecule has 0 radical (unpaired) electrons. The van der Waals surface area contributed by atoms with E-state index in [4.69, 9.17) is 4.74 Å². The summed E-state index contributed by atoms with van der Waals surface area (Å²) in [6.45, 7) is 1.01. The van der Waals surface area contributed by atoms with Crippen molar-refractivity contribution < 1.29 is 17.9 Å². The fourth-order valence-electron chi connectivity index (χ4n) is 3.80. The van der Waals surface area contributed by atoms with Gasteiger partial charge in [0.15, 0.2) is 0 Å². The van der Waals surface area contributed by atoms with Crippen LogP contribution in [-0.2, 0) is 10.0 Å². The number of nitrogens with one attached hydrogen (secondary N) is 1. The van der Waals surface area contributed by atoms with Crippen LogP contribution >= 0.6 is 0 Å². The minimum atomic E-state index is -3.65. The van der Waals surface area contributed by atoms with E-state index in [1.165, 1.54) is 29.6 Å². The highest BCUT2D eigenvalue weighted by Crippen LogP contribution is 2.28. The Bertz CT molecular complexity index is 1180. The molecule has 7 heteroatoms. The number of carbonyl (C=O) groups excluding carboxylic acids is 1. The summed E-state index contributed by atoms with van der Waals surface area (Å²) in [6.07, 6.45) is 2.74. The van der Waals surface area contributed by atoms with Crippen molar-refractivity contribution in [3.8, 4) is 5.75 Å². The lowest BCUT2D eigenvalue weighted by Crippen LogP contribution is -2.35. The number of amides is 1. The van der Waals surface area contributed by atoms with Gasteiger partial charge >= 0.3 is 0 Å². The molecule has 1 aliphatic rings. The topological polar surface area (TPSA) is 75.7 Å². The smallest absolute Gasteiger partial charge is 0.259 e. The van der Waals surface area contributed by atoms with E-state index in [2.05, 4.69) is 5.32 Å². The van der Waals surface area contributed by atoms with Crippen LogP contribution < -0.4 is 10.1 Å². The first-order valence-corrected chi connectivity index (χ1v) is 11.4. The van der Waals surface area contributed by atoms with E-state index >= 15 is 0 Å². The molecule has 0 aliphatic carbocycles. The van der Waals surface area contributed by atoms with E-state index in [1.54, 1.807) is 0 Å². The molecule has 0 aromatic heterocycles. The van der Waals surface area contributed by atoms with Gasteiger partial charge in [-0.05, 0) is 42.5 Å². The number of methoxy groups -OCH3 is 1. The molecular weight excluding hydrogens is 400 g/mol. The molecule has 1 fully saturated rings. The highest BCUT2D eigenvalue weighted by atomic mass is 32.2. The number of carbonyl (C=O) groups is 1. The van der Waals surface area contributed by atoms with Gasteiger partial charge in [0.25, 0.3) is 5.91 Å². The molecule has 1 amide bonds.